The molecule has 0 N–H and O–H groups in total. The van der Waals surface area contributed by atoms with Crippen molar-refractivity contribution in [3.63, 3.8) is 0 Å². The van der Waals surface area contributed by atoms with Gasteiger partial charge in [-0.2, -0.15) is 24.3 Å². The number of ether oxygens (including phenoxy) is 1. The van der Waals surface area contributed by atoms with E-state index in [1.165, 1.54) is 5.39 Å². The Bertz CT molecular complexity index is 398. The summed E-state index contributed by atoms with van der Waals surface area (Å²) in [6.07, 6.45) is 0. The molecule has 2 aromatic carbocycles. The molecule has 0 aliphatic rings. The van der Waals surface area contributed by atoms with Gasteiger partial charge in [-0.05, 0) is 6.07 Å². The quantitative estimate of drug-likeness (QED) is 0.413. The zero-order valence-corrected chi connectivity index (χ0v) is 7.87. The van der Waals surface area contributed by atoms with E-state index in [0.29, 0.717) is 0 Å². The first-order chi connectivity index (χ1) is 5.90. The summed E-state index contributed by atoms with van der Waals surface area (Å²) in [5, 5.41) is 2.38. The van der Waals surface area contributed by atoms with E-state index in [-0.39, 0.29) is 18.9 Å². The first-order valence-corrected chi connectivity index (χ1v) is 3.84. The SMILES string of the molecule is COc1ccc2cc[c-]cc2c1.[Li+]. The van der Waals surface area contributed by atoms with Gasteiger partial charge in [0.05, 0.1) is 7.11 Å². The summed E-state index contributed by atoms with van der Waals surface area (Å²) in [5.41, 5.74) is 0. The van der Waals surface area contributed by atoms with E-state index in [4.69, 9.17) is 4.74 Å². The van der Waals surface area contributed by atoms with Crippen LogP contribution < -0.4 is 23.6 Å². The number of methoxy groups -OCH3 is 1. The molecule has 0 radical (unpaired) electrons. The zero-order chi connectivity index (χ0) is 8.39. The molecule has 0 amide bonds. The molecular weight excluding hydrogens is 155 g/mol. The topological polar surface area (TPSA) is 9.23 Å². The van der Waals surface area contributed by atoms with E-state index in [1.807, 2.05) is 36.4 Å². The largest absolute Gasteiger partial charge is 1.00 e. The number of rotatable bonds is 1. The molecule has 2 heteroatoms. The Morgan fingerprint density at radius 1 is 1.15 bits per heavy atom. The predicted molar refractivity (Wildman–Crippen MR) is 49.3 cm³/mol. The average Bonchev–Trinajstić information content (AvgIpc) is 2.17. The van der Waals surface area contributed by atoms with Gasteiger partial charge in [0.15, 0.2) is 0 Å². The van der Waals surface area contributed by atoms with E-state index in [2.05, 4.69) is 6.07 Å². The Kier molecular flexibility index (Phi) is 3.42. The van der Waals surface area contributed by atoms with Gasteiger partial charge in [0.25, 0.3) is 0 Å². The van der Waals surface area contributed by atoms with E-state index in [1.54, 1.807) is 7.11 Å². The third-order valence-electron chi connectivity index (χ3n) is 1.89. The van der Waals surface area contributed by atoms with Crippen molar-refractivity contribution in [1.82, 2.24) is 0 Å². The molecule has 0 saturated heterocycles. The molecule has 2 aromatic rings. The molecule has 0 aliphatic carbocycles. The van der Waals surface area contributed by atoms with E-state index < -0.39 is 0 Å². The molecule has 0 saturated carbocycles. The van der Waals surface area contributed by atoms with Crippen molar-refractivity contribution in [3.8, 4) is 5.75 Å². The van der Waals surface area contributed by atoms with Gasteiger partial charge < -0.3 is 4.74 Å². The Hall–Kier alpha value is -0.903. The van der Waals surface area contributed by atoms with Gasteiger partial charge in [-0.1, -0.05) is 12.1 Å². The predicted octanol–water partition coefficient (Wildman–Crippen LogP) is -0.347. The first-order valence-electron chi connectivity index (χ1n) is 3.84. The fourth-order valence-corrected chi connectivity index (χ4v) is 1.23. The third-order valence-corrected chi connectivity index (χ3v) is 1.89. The Morgan fingerprint density at radius 3 is 2.77 bits per heavy atom. The third kappa shape index (κ3) is 2.06. The van der Waals surface area contributed by atoms with Gasteiger partial charge in [-0.3, -0.25) is 0 Å². The minimum absolute atomic E-state index is 0. The maximum Gasteiger partial charge on any atom is 1.00 e. The van der Waals surface area contributed by atoms with Crippen molar-refractivity contribution < 1.29 is 23.6 Å². The van der Waals surface area contributed by atoms with E-state index in [0.717, 1.165) is 11.1 Å². The van der Waals surface area contributed by atoms with Crippen molar-refractivity contribution in [1.29, 1.82) is 0 Å². The van der Waals surface area contributed by atoms with Crippen LogP contribution in [0, 0.1) is 6.07 Å². The number of hydrogen-bond acceptors (Lipinski definition) is 1. The molecule has 0 spiro atoms. The summed E-state index contributed by atoms with van der Waals surface area (Å²) in [7, 11) is 1.67. The Balaban J connectivity index is 0.000000845. The molecule has 0 bridgehead atoms. The van der Waals surface area contributed by atoms with Gasteiger partial charge in [-0.25, -0.2) is 0 Å². The minimum atomic E-state index is 0. The van der Waals surface area contributed by atoms with Crippen LogP contribution in [0.5, 0.6) is 5.75 Å². The summed E-state index contributed by atoms with van der Waals surface area (Å²) >= 11 is 0. The maximum absolute atomic E-state index is 5.11. The summed E-state index contributed by atoms with van der Waals surface area (Å²) in [6.45, 7) is 0. The number of benzene rings is 2. The summed E-state index contributed by atoms with van der Waals surface area (Å²) in [6, 6.07) is 14.9. The van der Waals surface area contributed by atoms with Gasteiger partial charge in [0, 0.05) is 0 Å². The Morgan fingerprint density at radius 2 is 2.00 bits per heavy atom. The molecule has 60 valence electrons. The zero-order valence-electron chi connectivity index (χ0n) is 7.87. The van der Waals surface area contributed by atoms with Crippen LogP contribution in [0.15, 0.2) is 36.4 Å². The first kappa shape index (κ1) is 10.2. The molecule has 0 aromatic heterocycles. The number of fused-ring (bicyclic) bond motifs is 1. The van der Waals surface area contributed by atoms with E-state index >= 15 is 0 Å². The van der Waals surface area contributed by atoms with Crippen LogP contribution in [-0.4, -0.2) is 7.11 Å². The van der Waals surface area contributed by atoms with Crippen LogP contribution in [-0.2, 0) is 0 Å². The average molecular weight is 164 g/mol. The van der Waals surface area contributed by atoms with Gasteiger partial charge in [0.1, 0.15) is 5.75 Å². The fourth-order valence-electron chi connectivity index (χ4n) is 1.23. The second-order valence-corrected chi connectivity index (χ2v) is 2.64. The second-order valence-electron chi connectivity index (χ2n) is 2.64. The van der Waals surface area contributed by atoms with E-state index in [9.17, 15) is 0 Å². The summed E-state index contributed by atoms with van der Waals surface area (Å²) in [4.78, 5) is 0. The van der Waals surface area contributed by atoms with Crippen LogP contribution in [0.2, 0.25) is 0 Å². The molecule has 2 rings (SSSR count). The van der Waals surface area contributed by atoms with Gasteiger partial charge >= 0.3 is 18.9 Å². The van der Waals surface area contributed by atoms with Crippen molar-refractivity contribution >= 4 is 10.8 Å². The van der Waals surface area contributed by atoms with Crippen molar-refractivity contribution in [2.75, 3.05) is 7.11 Å². The van der Waals surface area contributed by atoms with Gasteiger partial charge in [0.2, 0.25) is 0 Å². The fraction of sp³-hybridized carbons (Fsp3) is 0.0909. The van der Waals surface area contributed by atoms with Crippen LogP contribution in [0.1, 0.15) is 0 Å². The number of hydrogen-bond donors (Lipinski definition) is 0. The van der Waals surface area contributed by atoms with Crippen LogP contribution >= 0.6 is 0 Å². The molecule has 0 aliphatic heterocycles. The standard InChI is InChI=1S/C11H9O.Li/c1-12-11-7-6-9-4-2-3-5-10(9)8-11;/h2,4-8H,1H3;/q-1;+1. The molecule has 1 nitrogen and oxygen atoms in total. The second kappa shape index (κ2) is 4.37. The monoisotopic (exact) mass is 164 g/mol. The summed E-state index contributed by atoms with van der Waals surface area (Å²) < 4.78 is 5.11. The van der Waals surface area contributed by atoms with Crippen LogP contribution in [0.25, 0.3) is 10.8 Å². The molecule has 13 heavy (non-hydrogen) atoms. The van der Waals surface area contributed by atoms with Crippen molar-refractivity contribution in [2.24, 2.45) is 0 Å². The van der Waals surface area contributed by atoms with Crippen LogP contribution in [0.3, 0.4) is 0 Å². The van der Waals surface area contributed by atoms with Crippen LogP contribution in [0.4, 0.5) is 0 Å². The summed E-state index contributed by atoms with van der Waals surface area (Å²) in [5.74, 6) is 0.891. The van der Waals surface area contributed by atoms with Crippen molar-refractivity contribution in [3.05, 3.63) is 42.5 Å². The molecule has 0 unspecified atom stereocenters. The molecular formula is C11H9LiO. The Labute approximate surface area is 89.9 Å². The maximum atomic E-state index is 5.11. The molecule has 0 atom stereocenters. The normalized spacial score (nSPS) is 9.31. The van der Waals surface area contributed by atoms with Crippen molar-refractivity contribution in [2.45, 2.75) is 0 Å². The van der Waals surface area contributed by atoms with Gasteiger partial charge in [-0.15, -0.1) is 10.8 Å². The minimum Gasteiger partial charge on any atom is -0.498 e. The molecule has 0 heterocycles. The molecule has 0 fully saturated rings. The smallest absolute Gasteiger partial charge is 0.498 e.